The van der Waals surface area contributed by atoms with Crippen molar-refractivity contribution in [1.29, 1.82) is 0 Å². The van der Waals surface area contributed by atoms with Gasteiger partial charge in [0.25, 0.3) is 11.8 Å². The number of nitrogens with one attached hydrogen (secondary N) is 5. The second kappa shape index (κ2) is 13.9. The van der Waals surface area contributed by atoms with E-state index in [0.29, 0.717) is 36.6 Å². The fraction of sp³-hybridized carbons (Fsp3) is 0.542. The molecule has 0 unspecified atom stereocenters. The van der Waals surface area contributed by atoms with E-state index in [9.17, 15) is 14.4 Å². The number of allylic oxidation sites excluding steroid dienone is 2. The third-order valence-corrected chi connectivity index (χ3v) is 8.24. The lowest BCUT2D eigenvalue weighted by Crippen LogP contribution is -2.51. The topological polar surface area (TPSA) is 154 Å². The second-order valence-corrected chi connectivity index (χ2v) is 11.3. The van der Waals surface area contributed by atoms with Crippen molar-refractivity contribution in [2.24, 2.45) is 17.6 Å². The highest BCUT2D eigenvalue weighted by Gasteiger charge is 2.35. The van der Waals surface area contributed by atoms with Crippen LogP contribution in [0.25, 0.3) is 0 Å². The summed E-state index contributed by atoms with van der Waals surface area (Å²) >= 11 is 12.3. The first-order chi connectivity index (χ1) is 18.1. The van der Waals surface area contributed by atoms with Gasteiger partial charge in [0.15, 0.2) is 10.00 Å². The number of rotatable bonds is 8. The second-order valence-electron chi connectivity index (χ2n) is 9.39. The van der Waals surface area contributed by atoms with Gasteiger partial charge in [0, 0.05) is 57.0 Å². The molecule has 208 valence electrons. The first-order valence-corrected chi connectivity index (χ1v) is 14.0. The Balaban J connectivity index is 1.65. The van der Waals surface area contributed by atoms with Gasteiger partial charge in [-0.3, -0.25) is 14.4 Å². The molecule has 1 aromatic rings. The van der Waals surface area contributed by atoms with E-state index < -0.39 is 5.91 Å². The Morgan fingerprint density at radius 1 is 1.24 bits per heavy atom. The Hall–Kier alpha value is -2.74. The number of thiazole rings is 1. The monoisotopic (exact) mass is 582 g/mol. The summed E-state index contributed by atoms with van der Waals surface area (Å²) in [6.07, 6.45) is 5.62. The van der Waals surface area contributed by atoms with Gasteiger partial charge in [0.2, 0.25) is 5.91 Å². The van der Waals surface area contributed by atoms with Crippen LogP contribution in [0.2, 0.25) is 0 Å². The number of hydrogen-bond donors (Lipinski definition) is 6. The maximum absolute atomic E-state index is 13.2. The van der Waals surface area contributed by atoms with E-state index in [0.717, 1.165) is 30.1 Å². The van der Waals surface area contributed by atoms with Crippen molar-refractivity contribution in [1.82, 2.24) is 36.5 Å². The van der Waals surface area contributed by atoms with E-state index in [1.807, 2.05) is 7.05 Å². The highest BCUT2D eigenvalue weighted by molar-refractivity contribution is 7.82. The van der Waals surface area contributed by atoms with Gasteiger partial charge in [-0.25, -0.2) is 4.98 Å². The van der Waals surface area contributed by atoms with Crippen molar-refractivity contribution in [3.63, 3.8) is 0 Å². The molecule has 1 saturated carbocycles. The van der Waals surface area contributed by atoms with Crippen LogP contribution in [-0.2, 0) is 22.6 Å². The third kappa shape index (κ3) is 8.13. The molecular formula is C24H35ClN8O3S2. The summed E-state index contributed by atoms with van der Waals surface area (Å²) in [7, 11) is 5.30. The van der Waals surface area contributed by atoms with Crippen LogP contribution in [0.3, 0.4) is 0 Å². The summed E-state index contributed by atoms with van der Waals surface area (Å²) in [5.41, 5.74) is 6.40. The standard InChI is InChI=1S/C24H35ClN8O3S2/c1-27-19(7-6-18(25)26)32-21(35)23(37)29-11-14-5-4-13(20(34)28-2)10-16(14)30-22(36)24-31-15-8-9-33(3)12-17(15)38-24/h6-7,13-14,16,27H,4-5,8-12,26H2,1-3H3,(H,28,34)(H,29,37)(H,30,36)(H,32,35)/b18-6-,19-7+/t13-,14+,16+/m0/s1. The van der Waals surface area contributed by atoms with Gasteiger partial charge in [-0.2, -0.15) is 0 Å². The summed E-state index contributed by atoms with van der Waals surface area (Å²) in [6.45, 7) is 2.07. The van der Waals surface area contributed by atoms with Crippen LogP contribution in [0.5, 0.6) is 0 Å². The molecule has 14 heteroatoms. The molecule has 1 fully saturated rings. The number of carbonyl (C=O) groups excluding carboxylic acids is 3. The number of carbonyl (C=O) groups is 3. The van der Waals surface area contributed by atoms with E-state index in [2.05, 4.69) is 36.5 Å². The van der Waals surface area contributed by atoms with Crippen LogP contribution in [0.4, 0.5) is 0 Å². The van der Waals surface area contributed by atoms with Crippen LogP contribution in [0, 0.1) is 11.8 Å². The Morgan fingerprint density at radius 2 is 2.00 bits per heavy atom. The molecule has 2 heterocycles. The Kier molecular flexibility index (Phi) is 10.9. The average molecular weight is 583 g/mol. The zero-order chi connectivity index (χ0) is 27.8. The molecule has 3 rings (SSSR count). The lowest BCUT2D eigenvalue weighted by Gasteiger charge is -2.36. The number of nitrogens with zero attached hydrogens (tertiary/aromatic N) is 2. The third-order valence-electron chi connectivity index (χ3n) is 6.70. The van der Waals surface area contributed by atoms with Gasteiger partial charge in [-0.15, -0.1) is 11.3 Å². The largest absolute Gasteiger partial charge is 0.389 e. The van der Waals surface area contributed by atoms with Crippen molar-refractivity contribution >= 4 is 57.9 Å². The number of nitrogens with two attached hydrogens (primary N) is 1. The summed E-state index contributed by atoms with van der Waals surface area (Å²) in [5, 5.41) is 14.8. The zero-order valence-electron chi connectivity index (χ0n) is 21.7. The maximum Gasteiger partial charge on any atom is 0.284 e. The molecule has 1 aromatic heterocycles. The fourth-order valence-electron chi connectivity index (χ4n) is 4.58. The number of aromatic nitrogens is 1. The summed E-state index contributed by atoms with van der Waals surface area (Å²) < 4.78 is 0. The van der Waals surface area contributed by atoms with E-state index >= 15 is 0 Å². The molecule has 0 bridgehead atoms. The van der Waals surface area contributed by atoms with Gasteiger partial charge in [-0.1, -0.05) is 23.8 Å². The van der Waals surface area contributed by atoms with Crippen molar-refractivity contribution in [2.45, 2.75) is 38.3 Å². The molecule has 0 radical (unpaired) electrons. The molecule has 7 N–H and O–H groups in total. The molecule has 38 heavy (non-hydrogen) atoms. The summed E-state index contributed by atoms with van der Waals surface area (Å²) in [4.78, 5) is 46.0. The molecule has 0 saturated heterocycles. The smallest absolute Gasteiger partial charge is 0.284 e. The molecule has 1 aliphatic carbocycles. The Morgan fingerprint density at radius 3 is 2.68 bits per heavy atom. The van der Waals surface area contributed by atoms with Crippen LogP contribution >= 0.6 is 35.2 Å². The minimum absolute atomic E-state index is 0.00388. The van der Waals surface area contributed by atoms with E-state index in [1.165, 1.54) is 23.5 Å². The van der Waals surface area contributed by atoms with Crippen LogP contribution < -0.4 is 32.3 Å². The predicted molar refractivity (Wildman–Crippen MR) is 152 cm³/mol. The minimum Gasteiger partial charge on any atom is -0.389 e. The molecule has 11 nitrogen and oxygen atoms in total. The number of halogens is 1. The highest BCUT2D eigenvalue weighted by atomic mass is 35.5. The lowest BCUT2D eigenvalue weighted by molar-refractivity contribution is -0.126. The molecule has 3 amide bonds. The molecule has 2 aliphatic rings. The van der Waals surface area contributed by atoms with Crippen molar-refractivity contribution in [3.05, 3.63) is 38.7 Å². The van der Waals surface area contributed by atoms with E-state index in [4.69, 9.17) is 29.6 Å². The lowest BCUT2D eigenvalue weighted by atomic mass is 9.77. The van der Waals surface area contributed by atoms with Gasteiger partial charge in [0.1, 0.15) is 5.82 Å². The molecule has 1 aliphatic heterocycles. The van der Waals surface area contributed by atoms with Crippen molar-refractivity contribution in [3.8, 4) is 0 Å². The number of likely N-dealkylation sites (N-methyl/N-ethyl adjacent to an activating group) is 1. The predicted octanol–water partition coefficient (Wildman–Crippen LogP) is 0.525. The first-order valence-electron chi connectivity index (χ1n) is 12.4. The van der Waals surface area contributed by atoms with Crippen molar-refractivity contribution in [2.75, 3.05) is 34.2 Å². The normalized spacial score (nSPS) is 22.2. The van der Waals surface area contributed by atoms with Crippen LogP contribution in [0.15, 0.2) is 23.1 Å². The Bertz CT molecular complexity index is 1120. The summed E-state index contributed by atoms with van der Waals surface area (Å²) in [5.74, 6) is -0.659. The number of amides is 3. The van der Waals surface area contributed by atoms with Crippen molar-refractivity contribution < 1.29 is 14.4 Å². The quantitative estimate of drug-likeness (QED) is 0.146. The number of hydrogen-bond acceptors (Lipinski definition) is 9. The minimum atomic E-state index is -0.500. The number of thiocarbonyl (C=S) groups is 1. The molecule has 3 atom stereocenters. The zero-order valence-corrected chi connectivity index (χ0v) is 24.1. The van der Waals surface area contributed by atoms with Gasteiger partial charge in [0.05, 0.1) is 10.9 Å². The maximum atomic E-state index is 13.2. The van der Waals surface area contributed by atoms with Gasteiger partial charge < -0.3 is 37.2 Å². The van der Waals surface area contributed by atoms with Crippen LogP contribution in [0.1, 0.15) is 39.6 Å². The molecule has 0 aromatic carbocycles. The van der Waals surface area contributed by atoms with Crippen LogP contribution in [-0.4, -0.2) is 72.9 Å². The number of fused-ring (bicyclic) bond motifs is 1. The van der Waals surface area contributed by atoms with E-state index in [-0.39, 0.29) is 39.8 Å². The summed E-state index contributed by atoms with van der Waals surface area (Å²) in [6, 6.07) is -0.287. The van der Waals surface area contributed by atoms with Gasteiger partial charge in [-0.05, 0) is 44.4 Å². The fourth-order valence-corrected chi connectivity index (χ4v) is 5.87. The SMILES string of the molecule is CNC(=O)[C@H]1CC[C@H](CNC(=S)C(=O)N/C(=C/C=C(\N)Cl)NC)[C@H](NC(=O)c2nc3c(s2)CN(C)CC3)C1. The Labute approximate surface area is 237 Å². The highest BCUT2D eigenvalue weighted by Crippen LogP contribution is 2.30. The molecule has 0 spiro atoms. The van der Waals surface area contributed by atoms with Gasteiger partial charge >= 0.3 is 0 Å². The average Bonchev–Trinajstić information content (AvgIpc) is 3.32. The molecular weight excluding hydrogens is 548 g/mol. The first kappa shape index (κ1) is 29.8. The van der Waals surface area contributed by atoms with E-state index in [1.54, 1.807) is 14.1 Å².